The summed E-state index contributed by atoms with van der Waals surface area (Å²) < 4.78 is 1.53. The molecule has 1 aromatic carbocycles. The molecule has 1 atom stereocenters. The normalized spacial score (nSPS) is 17.2. The van der Waals surface area contributed by atoms with E-state index >= 15 is 0 Å². The van der Waals surface area contributed by atoms with Gasteiger partial charge in [-0.3, -0.25) is 19.1 Å². The van der Waals surface area contributed by atoms with E-state index in [9.17, 15) is 9.59 Å². The number of rotatable bonds is 4. The molecule has 1 aliphatic rings. The third-order valence-electron chi connectivity index (χ3n) is 5.15. The predicted molar refractivity (Wildman–Crippen MR) is 103 cm³/mol. The van der Waals surface area contributed by atoms with E-state index in [0.29, 0.717) is 17.4 Å². The Hall–Kier alpha value is -3.02. The number of amides is 1. The quantitative estimate of drug-likeness (QED) is 0.716. The molecule has 0 spiro atoms. The van der Waals surface area contributed by atoms with Gasteiger partial charge < -0.3 is 4.90 Å². The Morgan fingerprint density at radius 3 is 2.78 bits per heavy atom. The van der Waals surface area contributed by atoms with Crippen LogP contribution < -0.4 is 5.56 Å². The van der Waals surface area contributed by atoms with Crippen LogP contribution in [0.3, 0.4) is 0 Å². The summed E-state index contributed by atoms with van der Waals surface area (Å²) in [5.74, 6) is 0.0606. The molecule has 0 N–H and O–H groups in total. The zero-order valence-electron chi connectivity index (χ0n) is 15.1. The first kappa shape index (κ1) is 17.4. The van der Waals surface area contributed by atoms with Crippen molar-refractivity contribution in [2.45, 2.75) is 38.3 Å². The molecule has 1 saturated heterocycles. The number of likely N-dealkylation sites (tertiary alicyclic amines) is 1. The number of carbonyl (C=O) groups excluding carboxylic acids is 1. The van der Waals surface area contributed by atoms with Crippen molar-refractivity contribution < 1.29 is 4.79 Å². The number of benzene rings is 1. The van der Waals surface area contributed by atoms with E-state index in [0.717, 1.165) is 31.5 Å². The van der Waals surface area contributed by atoms with Crippen LogP contribution >= 0.6 is 0 Å². The van der Waals surface area contributed by atoms with Gasteiger partial charge in [0.05, 0.1) is 29.0 Å². The lowest BCUT2D eigenvalue weighted by atomic mass is 9.98. The Bertz CT molecular complexity index is 1000. The van der Waals surface area contributed by atoms with Gasteiger partial charge in [-0.05, 0) is 43.5 Å². The van der Waals surface area contributed by atoms with Crippen LogP contribution in [0.15, 0.2) is 59.8 Å². The number of hydrogen-bond donors (Lipinski definition) is 0. The van der Waals surface area contributed by atoms with Crippen molar-refractivity contribution in [3.8, 4) is 0 Å². The number of hydrogen-bond acceptors (Lipinski definition) is 4. The van der Waals surface area contributed by atoms with Crippen molar-refractivity contribution in [1.29, 1.82) is 0 Å². The van der Waals surface area contributed by atoms with Gasteiger partial charge in [0.2, 0.25) is 5.91 Å². The summed E-state index contributed by atoms with van der Waals surface area (Å²) in [5, 5.41) is 0.580. The van der Waals surface area contributed by atoms with Gasteiger partial charge in [-0.15, -0.1) is 0 Å². The molecule has 1 aliphatic heterocycles. The molecule has 1 fully saturated rings. The first-order valence-electron chi connectivity index (χ1n) is 9.38. The van der Waals surface area contributed by atoms with Crippen molar-refractivity contribution >= 4 is 16.8 Å². The summed E-state index contributed by atoms with van der Waals surface area (Å²) in [6.45, 7) is 1.08. The van der Waals surface area contributed by atoms with Crippen molar-refractivity contribution in [3.63, 3.8) is 0 Å². The average molecular weight is 362 g/mol. The van der Waals surface area contributed by atoms with Gasteiger partial charge >= 0.3 is 0 Å². The molecule has 0 bridgehead atoms. The molecule has 27 heavy (non-hydrogen) atoms. The predicted octanol–water partition coefficient (Wildman–Crippen LogP) is 2.94. The first-order chi connectivity index (χ1) is 13.2. The fourth-order valence-corrected chi connectivity index (χ4v) is 3.74. The molecule has 3 aromatic rings. The second-order valence-electron chi connectivity index (χ2n) is 6.86. The number of piperidine rings is 1. The molecule has 1 amide bonds. The number of pyridine rings is 1. The zero-order chi connectivity index (χ0) is 18.6. The molecule has 3 heterocycles. The maximum Gasteiger partial charge on any atom is 0.261 e. The Labute approximate surface area is 157 Å². The van der Waals surface area contributed by atoms with E-state index in [1.807, 2.05) is 41.3 Å². The number of carbonyl (C=O) groups is 1. The minimum absolute atomic E-state index is 0.0268. The first-order valence-corrected chi connectivity index (χ1v) is 9.38. The largest absolute Gasteiger partial charge is 0.334 e. The van der Waals surface area contributed by atoms with E-state index < -0.39 is 0 Å². The Morgan fingerprint density at radius 2 is 1.93 bits per heavy atom. The minimum atomic E-state index is -0.103. The zero-order valence-corrected chi connectivity index (χ0v) is 15.1. The van der Waals surface area contributed by atoms with Crippen LogP contribution in [-0.2, 0) is 11.3 Å². The standard InChI is InChI=1S/C21H22N4O2/c26-20(25-13-6-4-10-19(25)18-9-3-5-12-22-18)11-14-24-15-23-17-8-2-1-7-16(17)21(24)27/h1-3,5,7-9,12,15,19H,4,6,10-11,13-14H2. The van der Waals surface area contributed by atoms with Crippen molar-refractivity contribution in [2.24, 2.45) is 0 Å². The lowest BCUT2D eigenvalue weighted by molar-refractivity contribution is -0.135. The number of fused-ring (bicyclic) bond motifs is 1. The van der Waals surface area contributed by atoms with Crippen molar-refractivity contribution in [3.05, 3.63) is 71.0 Å². The summed E-state index contributed by atoms with van der Waals surface area (Å²) in [5.41, 5.74) is 1.51. The highest BCUT2D eigenvalue weighted by molar-refractivity contribution is 5.78. The number of aromatic nitrogens is 3. The third kappa shape index (κ3) is 3.60. The van der Waals surface area contributed by atoms with Crippen LogP contribution in [0.2, 0.25) is 0 Å². The SMILES string of the molecule is O=C(CCn1cnc2ccccc2c1=O)N1CCCCC1c1ccccn1. The van der Waals surface area contributed by atoms with Crippen molar-refractivity contribution in [2.75, 3.05) is 6.54 Å². The molecule has 6 nitrogen and oxygen atoms in total. The molecule has 2 aromatic heterocycles. The molecule has 138 valence electrons. The molecule has 1 unspecified atom stereocenters. The second-order valence-corrected chi connectivity index (χ2v) is 6.86. The Morgan fingerprint density at radius 1 is 1.07 bits per heavy atom. The van der Waals surface area contributed by atoms with Gasteiger partial charge in [-0.25, -0.2) is 4.98 Å². The monoisotopic (exact) mass is 362 g/mol. The van der Waals surface area contributed by atoms with Gasteiger partial charge in [0.1, 0.15) is 0 Å². The molecule has 6 heteroatoms. The minimum Gasteiger partial charge on any atom is -0.334 e. The van der Waals surface area contributed by atoms with Gasteiger partial charge in [0.15, 0.2) is 0 Å². The van der Waals surface area contributed by atoms with Crippen LogP contribution in [0, 0.1) is 0 Å². The fraction of sp³-hybridized carbons (Fsp3) is 0.333. The highest BCUT2D eigenvalue weighted by Crippen LogP contribution is 2.30. The number of aryl methyl sites for hydroxylation is 1. The molecule has 0 aliphatic carbocycles. The van der Waals surface area contributed by atoms with E-state index in [4.69, 9.17) is 0 Å². The summed E-state index contributed by atoms with van der Waals surface area (Å²) in [4.78, 5) is 36.2. The average Bonchev–Trinajstić information content (AvgIpc) is 2.74. The van der Waals surface area contributed by atoms with Gasteiger partial charge in [0.25, 0.3) is 5.56 Å². The number of nitrogens with zero attached hydrogens (tertiary/aromatic N) is 4. The van der Waals surface area contributed by atoms with E-state index in [-0.39, 0.29) is 23.9 Å². The molecular weight excluding hydrogens is 340 g/mol. The Balaban J connectivity index is 1.50. The summed E-state index contributed by atoms with van der Waals surface area (Å²) in [7, 11) is 0. The lowest BCUT2D eigenvalue weighted by Gasteiger charge is -2.35. The smallest absolute Gasteiger partial charge is 0.261 e. The van der Waals surface area contributed by atoms with Crippen LogP contribution in [0.25, 0.3) is 10.9 Å². The summed E-state index contributed by atoms with van der Waals surface area (Å²) in [6.07, 6.45) is 6.62. The topological polar surface area (TPSA) is 68.1 Å². The Kier molecular flexibility index (Phi) is 4.96. The highest BCUT2D eigenvalue weighted by atomic mass is 16.2. The van der Waals surface area contributed by atoms with Crippen molar-refractivity contribution in [1.82, 2.24) is 19.4 Å². The van der Waals surface area contributed by atoms with Crippen LogP contribution in [0.4, 0.5) is 0 Å². The molecule has 0 saturated carbocycles. The summed E-state index contributed by atoms with van der Waals surface area (Å²) >= 11 is 0. The number of para-hydroxylation sites is 1. The van der Waals surface area contributed by atoms with E-state index in [2.05, 4.69) is 9.97 Å². The molecule has 4 rings (SSSR count). The summed E-state index contributed by atoms with van der Waals surface area (Å²) in [6, 6.07) is 13.1. The second kappa shape index (κ2) is 7.70. The fourth-order valence-electron chi connectivity index (χ4n) is 3.74. The maximum atomic E-state index is 12.9. The van der Waals surface area contributed by atoms with Crippen LogP contribution in [0.5, 0.6) is 0 Å². The molecule has 0 radical (unpaired) electrons. The maximum absolute atomic E-state index is 12.9. The third-order valence-corrected chi connectivity index (χ3v) is 5.15. The lowest BCUT2D eigenvalue weighted by Crippen LogP contribution is -2.39. The van der Waals surface area contributed by atoms with Gasteiger partial charge in [-0.2, -0.15) is 0 Å². The van der Waals surface area contributed by atoms with Crippen LogP contribution in [-0.4, -0.2) is 31.9 Å². The molecular formula is C21H22N4O2. The van der Waals surface area contributed by atoms with Gasteiger partial charge in [0, 0.05) is 25.7 Å². The van der Waals surface area contributed by atoms with Gasteiger partial charge in [-0.1, -0.05) is 18.2 Å². The van der Waals surface area contributed by atoms with E-state index in [1.165, 1.54) is 10.9 Å². The van der Waals surface area contributed by atoms with E-state index in [1.54, 1.807) is 12.3 Å². The van der Waals surface area contributed by atoms with Crippen LogP contribution in [0.1, 0.15) is 37.4 Å². The highest BCUT2D eigenvalue weighted by Gasteiger charge is 2.28.